The van der Waals surface area contributed by atoms with Crippen molar-refractivity contribution in [1.29, 1.82) is 0 Å². The fourth-order valence-corrected chi connectivity index (χ4v) is 6.07. The summed E-state index contributed by atoms with van der Waals surface area (Å²) in [6, 6.07) is 8.48. The summed E-state index contributed by atoms with van der Waals surface area (Å²) in [5, 5.41) is 2.06. The molecule has 0 radical (unpaired) electrons. The van der Waals surface area contributed by atoms with Gasteiger partial charge in [-0.2, -0.15) is 0 Å². The molecular weight excluding hydrogens is 435 g/mol. The van der Waals surface area contributed by atoms with E-state index in [0.29, 0.717) is 13.0 Å². The second-order valence-corrected chi connectivity index (χ2v) is 11.9. The van der Waals surface area contributed by atoms with E-state index in [1.807, 2.05) is 9.80 Å². The molecule has 0 bridgehead atoms. The van der Waals surface area contributed by atoms with Crippen molar-refractivity contribution >= 4 is 23.2 Å². The number of hydrogen-bond donors (Lipinski definition) is 0. The molecule has 1 aromatic heterocycles. The van der Waals surface area contributed by atoms with Crippen molar-refractivity contribution in [2.75, 3.05) is 13.1 Å². The zero-order valence-electron chi connectivity index (χ0n) is 20.1. The molecule has 2 heterocycles. The van der Waals surface area contributed by atoms with Crippen LogP contribution in [0.15, 0.2) is 35.7 Å². The zero-order valence-corrected chi connectivity index (χ0v) is 21.0. The molecule has 1 fully saturated rings. The van der Waals surface area contributed by atoms with Crippen LogP contribution in [0.5, 0.6) is 0 Å². The molecule has 0 N–H and O–H groups in total. The van der Waals surface area contributed by atoms with Crippen LogP contribution in [0.25, 0.3) is 0 Å². The van der Waals surface area contributed by atoms with Crippen LogP contribution in [0, 0.1) is 17.2 Å². The van der Waals surface area contributed by atoms with Crippen LogP contribution in [0.2, 0.25) is 0 Å². The maximum atomic E-state index is 13.6. The average molecular weight is 471 g/mol. The number of nitrogens with zero attached hydrogens (tertiary/aromatic N) is 2. The largest absolute Gasteiger partial charge is 0.330 e. The van der Waals surface area contributed by atoms with Gasteiger partial charge in [0.15, 0.2) is 0 Å². The Balaban J connectivity index is 1.51. The summed E-state index contributed by atoms with van der Waals surface area (Å²) >= 11 is 1.71. The molecule has 0 saturated heterocycles. The Hall–Kier alpha value is -2.21. The summed E-state index contributed by atoms with van der Waals surface area (Å²) in [5.41, 5.74) is 2.20. The van der Waals surface area contributed by atoms with Gasteiger partial charge in [0.25, 0.3) is 0 Å². The van der Waals surface area contributed by atoms with E-state index in [-0.39, 0.29) is 47.6 Å². The minimum atomic E-state index is -0.284. The molecule has 2 amide bonds. The van der Waals surface area contributed by atoms with Gasteiger partial charge in [-0.25, -0.2) is 4.39 Å². The molecule has 2 aromatic rings. The molecule has 2 aliphatic rings. The molecular formula is C27H35FN2O2S. The van der Waals surface area contributed by atoms with Crippen molar-refractivity contribution in [1.82, 2.24) is 9.80 Å². The molecule has 1 saturated carbocycles. The van der Waals surface area contributed by atoms with E-state index < -0.39 is 0 Å². The van der Waals surface area contributed by atoms with E-state index in [9.17, 15) is 14.0 Å². The lowest BCUT2D eigenvalue weighted by Gasteiger charge is -2.38. The molecule has 178 valence electrons. The quantitative estimate of drug-likeness (QED) is 0.512. The third-order valence-electron chi connectivity index (χ3n) is 6.57. The number of hydrogen-bond acceptors (Lipinski definition) is 3. The van der Waals surface area contributed by atoms with Gasteiger partial charge in [-0.3, -0.25) is 9.59 Å². The maximum Gasteiger partial charge on any atom is 0.243 e. The first-order valence-corrected chi connectivity index (χ1v) is 12.9. The van der Waals surface area contributed by atoms with Gasteiger partial charge in [0.05, 0.1) is 6.04 Å². The number of thiophene rings is 1. The number of amides is 2. The molecule has 2 atom stereocenters. The first-order valence-electron chi connectivity index (χ1n) is 12.0. The minimum absolute atomic E-state index is 0.0232. The highest BCUT2D eigenvalue weighted by Crippen LogP contribution is 2.38. The first-order chi connectivity index (χ1) is 15.6. The molecule has 33 heavy (non-hydrogen) atoms. The Morgan fingerprint density at radius 1 is 1.18 bits per heavy atom. The van der Waals surface area contributed by atoms with E-state index in [1.165, 1.54) is 17.0 Å². The van der Waals surface area contributed by atoms with Crippen LogP contribution in [-0.2, 0) is 16.0 Å². The third kappa shape index (κ3) is 5.84. The van der Waals surface area contributed by atoms with Crippen LogP contribution in [0.4, 0.5) is 4.39 Å². The SMILES string of the molecule is CC(CC(=O)N(CC(=O)N1CCc2sccc2C1c1ccc(F)cc1)C1CC1)CC(C)(C)C. The highest BCUT2D eigenvalue weighted by molar-refractivity contribution is 7.10. The van der Waals surface area contributed by atoms with Crippen molar-refractivity contribution in [2.45, 2.75) is 71.9 Å². The smallest absolute Gasteiger partial charge is 0.243 e. The van der Waals surface area contributed by atoms with Gasteiger partial charge in [-0.05, 0) is 71.7 Å². The second kappa shape index (κ2) is 9.57. The van der Waals surface area contributed by atoms with Gasteiger partial charge >= 0.3 is 0 Å². The Morgan fingerprint density at radius 2 is 1.88 bits per heavy atom. The van der Waals surface area contributed by atoms with Crippen LogP contribution in [0.3, 0.4) is 0 Å². The molecule has 1 aliphatic carbocycles. The Morgan fingerprint density at radius 3 is 2.52 bits per heavy atom. The Labute approximate surface area is 200 Å². The fraction of sp³-hybridized carbons (Fsp3) is 0.556. The van der Waals surface area contributed by atoms with E-state index in [2.05, 4.69) is 39.1 Å². The van der Waals surface area contributed by atoms with E-state index in [1.54, 1.807) is 23.5 Å². The number of carbonyl (C=O) groups excluding carboxylic acids is 2. The zero-order chi connectivity index (χ0) is 23.8. The summed E-state index contributed by atoms with van der Waals surface area (Å²) in [7, 11) is 0. The van der Waals surface area contributed by atoms with Crippen molar-refractivity contribution in [3.63, 3.8) is 0 Å². The summed E-state index contributed by atoms with van der Waals surface area (Å²) in [5.74, 6) is 0.0658. The standard InChI is InChI=1S/C27H35FN2O2S/c1-18(16-27(2,3)4)15-24(31)30(21-9-10-21)17-25(32)29-13-11-23-22(12-14-33-23)26(29)19-5-7-20(28)8-6-19/h5-8,12,14,18,21,26H,9-11,13,15-17H2,1-4H3. The lowest BCUT2D eigenvalue weighted by atomic mass is 9.84. The molecule has 1 aromatic carbocycles. The van der Waals surface area contributed by atoms with Gasteiger partial charge in [-0.1, -0.05) is 39.8 Å². The lowest BCUT2D eigenvalue weighted by Crippen LogP contribution is -2.47. The van der Waals surface area contributed by atoms with Crippen molar-refractivity contribution in [3.8, 4) is 0 Å². The van der Waals surface area contributed by atoms with Gasteiger partial charge in [0, 0.05) is 23.9 Å². The number of halogens is 1. The summed E-state index contributed by atoms with van der Waals surface area (Å²) in [6.07, 6.45) is 4.23. The second-order valence-electron chi connectivity index (χ2n) is 10.9. The monoisotopic (exact) mass is 470 g/mol. The number of rotatable bonds is 7. The van der Waals surface area contributed by atoms with Crippen LogP contribution in [-0.4, -0.2) is 40.7 Å². The van der Waals surface area contributed by atoms with E-state index in [0.717, 1.165) is 36.8 Å². The molecule has 2 unspecified atom stereocenters. The van der Waals surface area contributed by atoms with Crippen LogP contribution < -0.4 is 0 Å². The van der Waals surface area contributed by atoms with Gasteiger partial charge < -0.3 is 9.80 Å². The Bertz CT molecular complexity index is 990. The minimum Gasteiger partial charge on any atom is -0.330 e. The van der Waals surface area contributed by atoms with Gasteiger partial charge in [-0.15, -0.1) is 11.3 Å². The highest BCUT2D eigenvalue weighted by atomic mass is 32.1. The maximum absolute atomic E-state index is 13.6. The molecule has 0 spiro atoms. The van der Waals surface area contributed by atoms with Crippen molar-refractivity contribution in [3.05, 3.63) is 57.5 Å². The van der Waals surface area contributed by atoms with E-state index >= 15 is 0 Å². The average Bonchev–Trinajstić information content (AvgIpc) is 3.46. The number of fused-ring (bicyclic) bond motifs is 1. The molecule has 6 heteroatoms. The van der Waals surface area contributed by atoms with Crippen LogP contribution in [0.1, 0.15) is 75.4 Å². The van der Waals surface area contributed by atoms with Crippen molar-refractivity contribution < 1.29 is 14.0 Å². The summed E-state index contributed by atoms with van der Waals surface area (Å²) in [6.45, 7) is 9.45. The highest BCUT2D eigenvalue weighted by Gasteiger charge is 2.38. The molecule has 1 aliphatic heterocycles. The number of carbonyl (C=O) groups is 2. The topological polar surface area (TPSA) is 40.6 Å². The normalized spacial score (nSPS) is 19.2. The van der Waals surface area contributed by atoms with Gasteiger partial charge in [0.2, 0.25) is 11.8 Å². The van der Waals surface area contributed by atoms with Crippen molar-refractivity contribution in [2.24, 2.45) is 11.3 Å². The lowest BCUT2D eigenvalue weighted by molar-refractivity contribution is -0.142. The third-order valence-corrected chi connectivity index (χ3v) is 7.57. The first kappa shape index (κ1) is 23.9. The van der Waals surface area contributed by atoms with E-state index in [4.69, 9.17) is 0 Å². The predicted molar refractivity (Wildman–Crippen MR) is 131 cm³/mol. The number of benzene rings is 1. The summed E-state index contributed by atoms with van der Waals surface area (Å²) in [4.78, 5) is 31.8. The predicted octanol–water partition coefficient (Wildman–Crippen LogP) is 5.81. The molecule has 4 nitrogen and oxygen atoms in total. The molecule has 4 rings (SSSR count). The fourth-order valence-electron chi connectivity index (χ4n) is 5.17. The summed E-state index contributed by atoms with van der Waals surface area (Å²) < 4.78 is 13.6. The van der Waals surface area contributed by atoms with Gasteiger partial charge in [0.1, 0.15) is 12.4 Å². The Kier molecular flexibility index (Phi) is 6.94. The van der Waals surface area contributed by atoms with Crippen LogP contribution >= 0.6 is 11.3 Å².